The van der Waals surface area contributed by atoms with Gasteiger partial charge in [-0.2, -0.15) is 0 Å². The molecule has 2 amide bonds. The highest BCUT2D eigenvalue weighted by Gasteiger charge is 2.53. The molecule has 0 aromatic heterocycles. The SMILES string of the molecule is CC(C)N1CCN(c2ccccc2C2(C(=O)O)CC2)C1=O. The van der Waals surface area contributed by atoms with Crippen LogP contribution >= 0.6 is 0 Å². The number of carboxylic acid groups (broad SMARTS) is 1. The van der Waals surface area contributed by atoms with E-state index in [0.717, 1.165) is 11.3 Å². The van der Waals surface area contributed by atoms with Crippen molar-refractivity contribution < 1.29 is 14.7 Å². The van der Waals surface area contributed by atoms with Crippen LogP contribution in [-0.2, 0) is 10.2 Å². The van der Waals surface area contributed by atoms with Crippen molar-refractivity contribution in [1.29, 1.82) is 0 Å². The fraction of sp³-hybridized carbons (Fsp3) is 0.500. The number of rotatable bonds is 4. The smallest absolute Gasteiger partial charge is 0.324 e. The number of benzene rings is 1. The van der Waals surface area contributed by atoms with Gasteiger partial charge in [0.2, 0.25) is 0 Å². The Labute approximate surface area is 124 Å². The highest BCUT2D eigenvalue weighted by Crippen LogP contribution is 2.51. The molecule has 1 aromatic carbocycles. The van der Waals surface area contributed by atoms with Gasteiger partial charge < -0.3 is 10.0 Å². The van der Waals surface area contributed by atoms with Crippen LogP contribution < -0.4 is 4.90 Å². The lowest BCUT2D eigenvalue weighted by Gasteiger charge is -2.25. The van der Waals surface area contributed by atoms with Crippen molar-refractivity contribution in [3.63, 3.8) is 0 Å². The fourth-order valence-corrected chi connectivity index (χ4v) is 3.09. The van der Waals surface area contributed by atoms with Crippen molar-refractivity contribution in [2.24, 2.45) is 0 Å². The molecule has 21 heavy (non-hydrogen) atoms. The first-order valence-electron chi connectivity index (χ1n) is 7.38. The molecule has 0 unspecified atom stereocenters. The Balaban J connectivity index is 1.98. The first-order valence-corrected chi connectivity index (χ1v) is 7.38. The van der Waals surface area contributed by atoms with Gasteiger partial charge in [-0.25, -0.2) is 4.79 Å². The number of urea groups is 1. The van der Waals surface area contributed by atoms with E-state index < -0.39 is 11.4 Å². The number of hydrogen-bond donors (Lipinski definition) is 1. The second-order valence-corrected chi connectivity index (χ2v) is 6.13. The van der Waals surface area contributed by atoms with E-state index in [2.05, 4.69) is 0 Å². The van der Waals surface area contributed by atoms with Gasteiger partial charge in [0.25, 0.3) is 0 Å². The molecule has 1 aliphatic carbocycles. The number of para-hydroxylation sites is 1. The number of carboxylic acids is 1. The zero-order valence-corrected chi connectivity index (χ0v) is 12.4. The zero-order valence-electron chi connectivity index (χ0n) is 12.4. The molecule has 0 spiro atoms. The lowest BCUT2D eigenvalue weighted by molar-refractivity contribution is -0.140. The Kier molecular flexibility index (Phi) is 3.15. The molecule has 2 fully saturated rings. The second kappa shape index (κ2) is 4.76. The molecule has 0 atom stereocenters. The monoisotopic (exact) mass is 288 g/mol. The summed E-state index contributed by atoms with van der Waals surface area (Å²) in [6.45, 7) is 5.29. The van der Waals surface area contributed by atoms with E-state index in [1.165, 1.54) is 0 Å². The summed E-state index contributed by atoms with van der Waals surface area (Å²) < 4.78 is 0. The summed E-state index contributed by atoms with van der Waals surface area (Å²) in [5.41, 5.74) is 0.740. The van der Waals surface area contributed by atoms with Crippen LogP contribution in [0.4, 0.5) is 10.5 Å². The normalized spacial score (nSPS) is 20.2. The standard InChI is InChI=1S/C16H20N2O3/c1-11(2)17-9-10-18(15(17)21)13-6-4-3-5-12(13)16(7-8-16)14(19)20/h3-6,11H,7-10H2,1-2H3,(H,19,20). The number of carbonyl (C=O) groups is 2. The number of hydrogen-bond acceptors (Lipinski definition) is 2. The van der Waals surface area contributed by atoms with Gasteiger partial charge in [0, 0.05) is 24.8 Å². The third-order valence-corrected chi connectivity index (χ3v) is 4.53. The molecule has 1 aromatic rings. The van der Waals surface area contributed by atoms with Crippen molar-refractivity contribution in [2.45, 2.75) is 38.1 Å². The predicted octanol–water partition coefficient (Wildman–Crippen LogP) is 2.45. The molecule has 1 N–H and O–H groups in total. The van der Waals surface area contributed by atoms with Gasteiger partial charge in [-0.1, -0.05) is 18.2 Å². The molecule has 0 radical (unpaired) electrons. The summed E-state index contributed by atoms with van der Waals surface area (Å²) in [5.74, 6) is -0.790. The predicted molar refractivity (Wildman–Crippen MR) is 79.6 cm³/mol. The Hall–Kier alpha value is -2.04. The quantitative estimate of drug-likeness (QED) is 0.925. The van der Waals surface area contributed by atoms with Crippen LogP contribution in [-0.4, -0.2) is 41.1 Å². The molecular weight excluding hydrogens is 268 g/mol. The number of amides is 2. The van der Waals surface area contributed by atoms with Gasteiger partial charge in [-0.15, -0.1) is 0 Å². The second-order valence-electron chi connectivity index (χ2n) is 6.13. The van der Waals surface area contributed by atoms with E-state index in [-0.39, 0.29) is 12.1 Å². The number of aliphatic carboxylic acids is 1. The van der Waals surface area contributed by atoms with E-state index in [1.807, 2.05) is 43.0 Å². The average molecular weight is 288 g/mol. The largest absolute Gasteiger partial charge is 0.481 e. The van der Waals surface area contributed by atoms with Crippen LogP contribution in [0.5, 0.6) is 0 Å². The van der Waals surface area contributed by atoms with Gasteiger partial charge in [0.1, 0.15) is 0 Å². The molecular formula is C16H20N2O3. The molecule has 5 nitrogen and oxygen atoms in total. The molecule has 1 aliphatic heterocycles. The summed E-state index contributed by atoms with van der Waals surface area (Å²) in [6.07, 6.45) is 1.30. The summed E-state index contributed by atoms with van der Waals surface area (Å²) in [7, 11) is 0. The minimum Gasteiger partial charge on any atom is -0.481 e. The number of nitrogens with zero attached hydrogens (tertiary/aromatic N) is 2. The van der Waals surface area contributed by atoms with Crippen molar-refractivity contribution >= 4 is 17.7 Å². The summed E-state index contributed by atoms with van der Waals surface area (Å²) in [4.78, 5) is 27.6. The highest BCUT2D eigenvalue weighted by atomic mass is 16.4. The zero-order chi connectivity index (χ0) is 15.2. The van der Waals surface area contributed by atoms with Gasteiger partial charge in [0.15, 0.2) is 0 Å². The van der Waals surface area contributed by atoms with Gasteiger partial charge in [0.05, 0.1) is 5.41 Å². The Bertz CT molecular complexity index is 593. The van der Waals surface area contributed by atoms with E-state index in [9.17, 15) is 14.7 Å². The molecule has 1 heterocycles. The van der Waals surface area contributed by atoms with E-state index in [0.29, 0.717) is 25.9 Å². The summed E-state index contributed by atoms with van der Waals surface area (Å²) in [6, 6.07) is 7.55. The molecule has 2 aliphatic rings. The van der Waals surface area contributed by atoms with Crippen LogP contribution in [0.2, 0.25) is 0 Å². The van der Waals surface area contributed by atoms with Crippen LogP contribution in [0, 0.1) is 0 Å². The number of carbonyl (C=O) groups excluding carboxylic acids is 1. The number of anilines is 1. The van der Waals surface area contributed by atoms with Gasteiger partial charge in [-0.3, -0.25) is 9.69 Å². The molecule has 5 heteroatoms. The molecule has 1 saturated carbocycles. The topological polar surface area (TPSA) is 60.9 Å². The van der Waals surface area contributed by atoms with E-state index in [4.69, 9.17) is 0 Å². The van der Waals surface area contributed by atoms with Crippen molar-refractivity contribution in [2.75, 3.05) is 18.0 Å². The maximum Gasteiger partial charge on any atom is 0.324 e. The van der Waals surface area contributed by atoms with Crippen LogP contribution in [0.1, 0.15) is 32.3 Å². The lowest BCUT2D eigenvalue weighted by atomic mass is 9.94. The minimum atomic E-state index is -0.790. The van der Waals surface area contributed by atoms with E-state index >= 15 is 0 Å². The van der Waals surface area contributed by atoms with Gasteiger partial charge in [-0.05, 0) is 38.3 Å². The minimum absolute atomic E-state index is 0.0290. The Morgan fingerprint density at radius 3 is 2.43 bits per heavy atom. The fourth-order valence-electron chi connectivity index (χ4n) is 3.09. The van der Waals surface area contributed by atoms with Gasteiger partial charge >= 0.3 is 12.0 Å². The van der Waals surface area contributed by atoms with Crippen molar-refractivity contribution in [1.82, 2.24) is 4.90 Å². The molecule has 0 bridgehead atoms. The summed E-state index contributed by atoms with van der Waals surface area (Å²) >= 11 is 0. The third-order valence-electron chi connectivity index (χ3n) is 4.53. The van der Waals surface area contributed by atoms with Crippen molar-refractivity contribution in [3.8, 4) is 0 Å². The molecule has 3 rings (SSSR count). The highest BCUT2D eigenvalue weighted by molar-refractivity contribution is 5.97. The van der Waals surface area contributed by atoms with Crippen molar-refractivity contribution in [3.05, 3.63) is 29.8 Å². The van der Waals surface area contributed by atoms with E-state index in [1.54, 1.807) is 4.90 Å². The maximum atomic E-state index is 12.5. The lowest BCUT2D eigenvalue weighted by Crippen LogP contribution is -2.37. The van der Waals surface area contributed by atoms with Crippen LogP contribution in [0.15, 0.2) is 24.3 Å². The molecule has 112 valence electrons. The van der Waals surface area contributed by atoms with Crippen LogP contribution in [0.3, 0.4) is 0 Å². The third kappa shape index (κ3) is 2.07. The first-order chi connectivity index (χ1) is 9.97. The molecule has 1 saturated heterocycles. The Morgan fingerprint density at radius 2 is 1.90 bits per heavy atom. The Morgan fingerprint density at radius 1 is 1.24 bits per heavy atom. The average Bonchev–Trinajstić information content (AvgIpc) is 3.17. The summed E-state index contributed by atoms with van der Waals surface area (Å²) in [5, 5.41) is 9.52. The maximum absolute atomic E-state index is 12.5. The first kappa shape index (κ1) is 13.9. The van der Waals surface area contributed by atoms with Crippen LogP contribution in [0.25, 0.3) is 0 Å².